The van der Waals surface area contributed by atoms with Crippen LogP contribution in [0.3, 0.4) is 0 Å². The molecular formula is C12H19BrF3NO. The Morgan fingerprint density at radius 3 is 2.44 bits per heavy atom. The number of carbonyl (C=O) groups is 1. The minimum Gasteiger partial charge on any atom is -0.342 e. The van der Waals surface area contributed by atoms with Crippen molar-refractivity contribution in [1.29, 1.82) is 0 Å². The summed E-state index contributed by atoms with van der Waals surface area (Å²) in [7, 11) is 0. The van der Waals surface area contributed by atoms with Crippen LogP contribution < -0.4 is 0 Å². The smallest absolute Gasteiger partial charge is 0.342 e. The number of rotatable bonds is 4. The third kappa shape index (κ3) is 3.87. The molecule has 1 aliphatic carbocycles. The van der Waals surface area contributed by atoms with Crippen LogP contribution in [0.2, 0.25) is 0 Å². The highest BCUT2D eigenvalue weighted by atomic mass is 79.9. The largest absolute Gasteiger partial charge is 0.392 e. The minimum atomic E-state index is -4.26. The highest BCUT2D eigenvalue weighted by molar-refractivity contribution is 9.09. The van der Waals surface area contributed by atoms with E-state index in [0.29, 0.717) is 31.3 Å². The maximum atomic E-state index is 12.9. The van der Waals surface area contributed by atoms with Gasteiger partial charge in [-0.15, -0.1) is 0 Å². The fourth-order valence-electron chi connectivity index (χ4n) is 2.58. The van der Waals surface area contributed by atoms with E-state index in [4.69, 9.17) is 0 Å². The third-order valence-electron chi connectivity index (χ3n) is 3.55. The molecule has 0 aromatic heterocycles. The van der Waals surface area contributed by atoms with Crippen molar-refractivity contribution in [1.82, 2.24) is 4.90 Å². The van der Waals surface area contributed by atoms with Gasteiger partial charge in [0, 0.05) is 24.3 Å². The van der Waals surface area contributed by atoms with E-state index < -0.39 is 18.0 Å². The standard InChI is InChI=1S/C12H19BrF3NO/c1-2-17(8-7-13)11(18)9-5-3-4-6-10(9)12(14,15)16/h9-10H,2-8H2,1H3. The fraction of sp³-hybridized carbons (Fsp3) is 0.917. The Bertz CT molecular complexity index is 283. The van der Waals surface area contributed by atoms with Crippen LogP contribution in [-0.2, 0) is 4.79 Å². The average Bonchev–Trinajstić information content (AvgIpc) is 2.34. The van der Waals surface area contributed by atoms with E-state index in [2.05, 4.69) is 15.9 Å². The fourth-order valence-corrected chi connectivity index (χ4v) is 3.01. The highest BCUT2D eigenvalue weighted by Crippen LogP contribution is 2.42. The molecule has 0 bridgehead atoms. The van der Waals surface area contributed by atoms with Crippen LogP contribution in [0.25, 0.3) is 0 Å². The van der Waals surface area contributed by atoms with E-state index in [1.165, 1.54) is 4.90 Å². The second kappa shape index (κ2) is 6.78. The number of hydrogen-bond acceptors (Lipinski definition) is 1. The number of nitrogens with zero attached hydrogens (tertiary/aromatic N) is 1. The van der Waals surface area contributed by atoms with Gasteiger partial charge in [0.25, 0.3) is 0 Å². The van der Waals surface area contributed by atoms with E-state index in [1.54, 1.807) is 6.92 Å². The number of alkyl halides is 4. The molecule has 18 heavy (non-hydrogen) atoms. The summed E-state index contributed by atoms with van der Waals surface area (Å²) in [6, 6.07) is 0. The van der Waals surface area contributed by atoms with E-state index in [9.17, 15) is 18.0 Å². The van der Waals surface area contributed by atoms with Crippen LogP contribution in [0, 0.1) is 11.8 Å². The molecule has 0 saturated heterocycles. The van der Waals surface area contributed by atoms with Gasteiger partial charge in [0.15, 0.2) is 0 Å². The highest BCUT2D eigenvalue weighted by Gasteiger charge is 2.48. The van der Waals surface area contributed by atoms with Crippen LogP contribution in [0.5, 0.6) is 0 Å². The molecule has 0 heterocycles. The maximum Gasteiger partial charge on any atom is 0.392 e. The topological polar surface area (TPSA) is 20.3 Å². The summed E-state index contributed by atoms with van der Waals surface area (Å²) in [6.07, 6.45) is -2.52. The molecule has 106 valence electrons. The van der Waals surface area contributed by atoms with Gasteiger partial charge in [-0.3, -0.25) is 4.79 Å². The van der Waals surface area contributed by atoms with Crippen LogP contribution in [0.15, 0.2) is 0 Å². The van der Waals surface area contributed by atoms with E-state index in [1.807, 2.05) is 0 Å². The van der Waals surface area contributed by atoms with E-state index in [-0.39, 0.29) is 12.3 Å². The Hall–Kier alpha value is -0.260. The monoisotopic (exact) mass is 329 g/mol. The average molecular weight is 330 g/mol. The van der Waals surface area contributed by atoms with Crippen molar-refractivity contribution in [2.75, 3.05) is 18.4 Å². The van der Waals surface area contributed by atoms with Gasteiger partial charge in [-0.05, 0) is 19.8 Å². The first kappa shape index (κ1) is 15.8. The summed E-state index contributed by atoms with van der Waals surface area (Å²) in [5.41, 5.74) is 0. The predicted octanol–water partition coefficient (Wildman–Crippen LogP) is 3.60. The SMILES string of the molecule is CCN(CCBr)C(=O)C1CCCCC1C(F)(F)F. The van der Waals surface area contributed by atoms with E-state index >= 15 is 0 Å². The zero-order valence-electron chi connectivity index (χ0n) is 10.5. The normalized spacial score (nSPS) is 24.9. The Morgan fingerprint density at radius 2 is 1.94 bits per heavy atom. The van der Waals surface area contributed by atoms with Crippen molar-refractivity contribution < 1.29 is 18.0 Å². The van der Waals surface area contributed by atoms with Gasteiger partial charge in [-0.1, -0.05) is 28.8 Å². The second-order valence-electron chi connectivity index (χ2n) is 4.65. The van der Waals surface area contributed by atoms with Gasteiger partial charge in [-0.25, -0.2) is 0 Å². The zero-order chi connectivity index (χ0) is 13.8. The first-order valence-corrected chi connectivity index (χ1v) is 7.45. The lowest BCUT2D eigenvalue weighted by Gasteiger charge is -2.35. The molecule has 1 fully saturated rings. The predicted molar refractivity (Wildman–Crippen MR) is 67.6 cm³/mol. The molecular weight excluding hydrogens is 311 g/mol. The molecule has 1 saturated carbocycles. The zero-order valence-corrected chi connectivity index (χ0v) is 12.1. The van der Waals surface area contributed by atoms with Gasteiger partial charge in [0.2, 0.25) is 5.91 Å². The molecule has 0 aromatic carbocycles. The molecule has 0 N–H and O–H groups in total. The molecule has 6 heteroatoms. The lowest BCUT2D eigenvalue weighted by atomic mass is 9.78. The van der Waals surface area contributed by atoms with Crippen LogP contribution in [-0.4, -0.2) is 35.4 Å². The number of halogens is 4. The van der Waals surface area contributed by atoms with Crippen LogP contribution in [0.1, 0.15) is 32.6 Å². The molecule has 2 atom stereocenters. The Labute approximate surface area is 114 Å². The first-order valence-electron chi connectivity index (χ1n) is 6.33. The molecule has 0 aliphatic heterocycles. The van der Waals surface area contributed by atoms with Gasteiger partial charge >= 0.3 is 6.18 Å². The minimum absolute atomic E-state index is 0.0891. The van der Waals surface area contributed by atoms with Crippen molar-refractivity contribution >= 4 is 21.8 Å². The quantitative estimate of drug-likeness (QED) is 0.722. The van der Waals surface area contributed by atoms with Crippen molar-refractivity contribution in [3.8, 4) is 0 Å². The van der Waals surface area contributed by atoms with Gasteiger partial charge in [-0.2, -0.15) is 13.2 Å². The Kier molecular flexibility index (Phi) is 5.95. The summed E-state index contributed by atoms with van der Waals surface area (Å²) in [6.45, 7) is 2.73. The summed E-state index contributed by atoms with van der Waals surface area (Å²) in [5, 5.41) is 0.593. The van der Waals surface area contributed by atoms with Gasteiger partial charge in [0.05, 0.1) is 5.92 Å². The second-order valence-corrected chi connectivity index (χ2v) is 5.44. The summed E-state index contributed by atoms with van der Waals surface area (Å²) >= 11 is 3.22. The summed E-state index contributed by atoms with van der Waals surface area (Å²) in [5.74, 6) is -2.67. The van der Waals surface area contributed by atoms with Crippen molar-refractivity contribution in [2.24, 2.45) is 11.8 Å². The van der Waals surface area contributed by atoms with Crippen molar-refractivity contribution in [3.05, 3.63) is 0 Å². The molecule has 2 unspecified atom stereocenters. The van der Waals surface area contributed by atoms with Crippen LogP contribution >= 0.6 is 15.9 Å². The number of amides is 1. The first-order chi connectivity index (χ1) is 8.41. The molecule has 1 rings (SSSR count). The maximum absolute atomic E-state index is 12.9. The number of carbonyl (C=O) groups excluding carboxylic acids is 1. The van der Waals surface area contributed by atoms with Crippen molar-refractivity contribution in [3.63, 3.8) is 0 Å². The summed E-state index contributed by atoms with van der Waals surface area (Å²) in [4.78, 5) is 13.7. The molecule has 1 amide bonds. The molecule has 1 aliphatic rings. The van der Waals surface area contributed by atoms with Gasteiger partial charge in [0.1, 0.15) is 0 Å². The molecule has 0 spiro atoms. The molecule has 0 aromatic rings. The van der Waals surface area contributed by atoms with Crippen molar-refractivity contribution in [2.45, 2.75) is 38.8 Å². The third-order valence-corrected chi connectivity index (χ3v) is 3.91. The Morgan fingerprint density at radius 1 is 1.33 bits per heavy atom. The molecule has 2 nitrogen and oxygen atoms in total. The lowest BCUT2D eigenvalue weighted by Crippen LogP contribution is -2.45. The molecule has 0 radical (unpaired) electrons. The number of hydrogen-bond donors (Lipinski definition) is 0. The van der Waals surface area contributed by atoms with E-state index in [0.717, 1.165) is 6.42 Å². The Balaban J connectivity index is 2.79. The summed E-state index contributed by atoms with van der Waals surface area (Å²) < 4.78 is 38.8. The lowest BCUT2D eigenvalue weighted by molar-refractivity contribution is -0.200. The van der Waals surface area contributed by atoms with Gasteiger partial charge < -0.3 is 4.90 Å². The van der Waals surface area contributed by atoms with Crippen LogP contribution in [0.4, 0.5) is 13.2 Å².